The lowest BCUT2D eigenvalue weighted by molar-refractivity contribution is 0.103. The molecule has 0 aromatic heterocycles. The third-order valence-electron chi connectivity index (χ3n) is 5.92. The molecular weight excluding hydrogens is 292 g/mol. The highest BCUT2D eigenvalue weighted by molar-refractivity contribution is 6.10. The van der Waals surface area contributed by atoms with Crippen LogP contribution in [-0.2, 0) is 10.8 Å². The molecule has 3 aromatic rings. The summed E-state index contributed by atoms with van der Waals surface area (Å²) >= 11 is 0. The van der Waals surface area contributed by atoms with E-state index in [1.165, 1.54) is 24.0 Å². The van der Waals surface area contributed by atoms with Crippen molar-refractivity contribution in [3.8, 4) is 0 Å². The van der Waals surface area contributed by atoms with E-state index in [1.54, 1.807) is 0 Å². The summed E-state index contributed by atoms with van der Waals surface area (Å²) in [6.07, 6.45) is 2.34. The SMILES string of the molecule is O=C(c1ccccc1)c1ccccc1C12CC1(c1ccccc1)C2. The summed E-state index contributed by atoms with van der Waals surface area (Å²) < 4.78 is 0. The van der Waals surface area contributed by atoms with Gasteiger partial charge in [0.2, 0.25) is 0 Å². The Morgan fingerprint density at radius 3 is 1.96 bits per heavy atom. The molecule has 0 bridgehead atoms. The lowest BCUT2D eigenvalue weighted by Gasteiger charge is -2.10. The molecule has 0 unspecified atom stereocenters. The minimum absolute atomic E-state index is 0.140. The smallest absolute Gasteiger partial charge is 0.193 e. The number of benzene rings is 3. The fourth-order valence-electron chi connectivity index (χ4n) is 4.42. The zero-order valence-electron chi connectivity index (χ0n) is 13.4. The van der Waals surface area contributed by atoms with Gasteiger partial charge < -0.3 is 0 Å². The molecule has 0 radical (unpaired) electrons. The molecule has 116 valence electrons. The van der Waals surface area contributed by atoms with E-state index in [1.807, 2.05) is 42.5 Å². The number of fused-ring (bicyclic) bond motifs is 1. The van der Waals surface area contributed by atoms with E-state index in [0.717, 1.165) is 11.1 Å². The van der Waals surface area contributed by atoms with Crippen molar-refractivity contribution in [2.75, 3.05) is 0 Å². The van der Waals surface area contributed by atoms with Crippen molar-refractivity contribution in [3.63, 3.8) is 0 Å². The molecule has 0 atom stereocenters. The van der Waals surface area contributed by atoms with Gasteiger partial charge in [0.05, 0.1) is 0 Å². The summed E-state index contributed by atoms with van der Waals surface area (Å²) in [6, 6.07) is 28.6. The first-order chi connectivity index (χ1) is 11.8. The second-order valence-electron chi connectivity index (χ2n) is 7.12. The number of carbonyl (C=O) groups excluding carboxylic acids is 1. The molecule has 2 aliphatic carbocycles. The van der Waals surface area contributed by atoms with E-state index in [0.29, 0.717) is 0 Å². The largest absolute Gasteiger partial charge is 0.289 e. The van der Waals surface area contributed by atoms with Gasteiger partial charge in [-0.15, -0.1) is 0 Å². The summed E-state index contributed by atoms with van der Waals surface area (Å²) in [7, 11) is 0. The van der Waals surface area contributed by atoms with E-state index >= 15 is 0 Å². The average Bonchev–Trinajstić information content (AvgIpc) is 3.50. The summed E-state index contributed by atoms with van der Waals surface area (Å²) in [5.41, 5.74) is 4.78. The Hall–Kier alpha value is -2.67. The van der Waals surface area contributed by atoms with Gasteiger partial charge in [0, 0.05) is 22.0 Å². The molecule has 24 heavy (non-hydrogen) atoms. The predicted octanol–water partition coefficient (Wildman–Crippen LogP) is 4.90. The van der Waals surface area contributed by atoms with Crippen molar-refractivity contribution < 1.29 is 4.79 Å². The third kappa shape index (κ3) is 1.73. The highest BCUT2D eigenvalue weighted by Gasteiger charge is 2.84. The third-order valence-corrected chi connectivity index (χ3v) is 5.92. The van der Waals surface area contributed by atoms with E-state index in [-0.39, 0.29) is 16.6 Å². The number of rotatable bonds is 4. The van der Waals surface area contributed by atoms with E-state index in [4.69, 9.17) is 0 Å². The van der Waals surface area contributed by atoms with Crippen LogP contribution in [-0.4, -0.2) is 5.78 Å². The molecule has 3 aromatic carbocycles. The highest BCUT2D eigenvalue weighted by Crippen LogP contribution is 2.86. The van der Waals surface area contributed by atoms with E-state index in [2.05, 4.69) is 42.5 Å². The van der Waals surface area contributed by atoms with E-state index < -0.39 is 0 Å². The molecular formula is C23H18O. The van der Waals surface area contributed by atoms with Gasteiger partial charge in [0.25, 0.3) is 0 Å². The van der Waals surface area contributed by atoms with Gasteiger partial charge in [-0.3, -0.25) is 4.79 Å². The lowest BCUT2D eigenvalue weighted by Crippen LogP contribution is -2.08. The van der Waals surface area contributed by atoms with Crippen LogP contribution in [0.1, 0.15) is 39.9 Å². The standard InChI is InChI=1S/C23H18O/c24-21(17-9-3-1-4-10-17)19-13-7-8-14-20(19)23-15-22(23,16-23)18-11-5-2-6-12-18/h1-14H,15-16H2. The molecule has 0 amide bonds. The topological polar surface area (TPSA) is 17.1 Å². The molecule has 0 N–H and O–H groups in total. The molecule has 0 saturated heterocycles. The normalized spacial score (nSPS) is 26.5. The first kappa shape index (κ1) is 13.7. The first-order valence-electron chi connectivity index (χ1n) is 8.52. The van der Waals surface area contributed by atoms with Crippen LogP contribution >= 0.6 is 0 Å². The van der Waals surface area contributed by atoms with Gasteiger partial charge in [-0.1, -0.05) is 84.9 Å². The number of hydrogen-bond acceptors (Lipinski definition) is 1. The van der Waals surface area contributed by atoms with Crippen molar-refractivity contribution in [1.29, 1.82) is 0 Å². The molecule has 2 aliphatic rings. The Labute approximate surface area is 142 Å². The average molecular weight is 310 g/mol. The fraction of sp³-hybridized carbons (Fsp3) is 0.174. The van der Waals surface area contributed by atoms with Crippen LogP contribution < -0.4 is 0 Å². The molecule has 2 fully saturated rings. The van der Waals surface area contributed by atoms with Crippen molar-refractivity contribution in [2.24, 2.45) is 0 Å². The maximum atomic E-state index is 13.0. The minimum Gasteiger partial charge on any atom is -0.289 e. The van der Waals surface area contributed by atoms with Gasteiger partial charge in [-0.25, -0.2) is 0 Å². The Kier molecular flexibility index (Phi) is 2.67. The molecule has 0 aliphatic heterocycles. The second kappa shape index (κ2) is 4.67. The molecule has 1 nitrogen and oxygen atoms in total. The molecule has 2 saturated carbocycles. The molecule has 0 heterocycles. The number of ketones is 1. The molecule has 5 rings (SSSR count). The number of carbonyl (C=O) groups is 1. The summed E-state index contributed by atoms with van der Waals surface area (Å²) in [5, 5.41) is 0. The Bertz CT molecular complexity index is 919. The van der Waals surface area contributed by atoms with Crippen LogP contribution in [0.3, 0.4) is 0 Å². The van der Waals surface area contributed by atoms with Crippen LogP contribution in [0, 0.1) is 0 Å². The summed E-state index contributed by atoms with van der Waals surface area (Å²) in [6.45, 7) is 0. The zero-order valence-corrected chi connectivity index (χ0v) is 13.4. The Balaban J connectivity index is 1.55. The van der Waals surface area contributed by atoms with Gasteiger partial charge in [-0.2, -0.15) is 0 Å². The quantitative estimate of drug-likeness (QED) is 0.626. The van der Waals surface area contributed by atoms with Crippen molar-refractivity contribution in [1.82, 2.24) is 0 Å². The van der Waals surface area contributed by atoms with Gasteiger partial charge in [0.15, 0.2) is 5.78 Å². The number of hydrogen-bond donors (Lipinski definition) is 0. The maximum Gasteiger partial charge on any atom is 0.193 e. The molecule has 0 spiro atoms. The van der Waals surface area contributed by atoms with Gasteiger partial charge >= 0.3 is 0 Å². The Morgan fingerprint density at radius 2 is 1.25 bits per heavy atom. The first-order valence-corrected chi connectivity index (χ1v) is 8.52. The zero-order chi connectivity index (χ0) is 16.2. The Morgan fingerprint density at radius 1 is 0.667 bits per heavy atom. The van der Waals surface area contributed by atoms with Crippen LogP contribution in [0.15, 0.2) is 84.9 Å². The van der Waals surface area contributed by atoms with E-state index in [9.17, 15) is 4.79 Å². The summed E-state index contributed by atoms with van der Waals surface area (Å²) in [4.78, 5) is 13.0. The predicted molar refractivity (Wildman–Crippen MR) is 95.3 cm³/mol. The van der Waals surface area contributed by atoms with Crippen LogP contribution in [0.5, 0.6) is 0 Å². The van der Waals surface area contributed by atoms with Crippen LogP contribution in [0.2, 0.25) is 0 Å². The minimum atomic E-state index is 0.140. The molecule has 1 heteroatoms. The van der Waals surface area contributed by atoms with Gasteiger partial charge in [-0.05, 0) is 24.0 Å². The van der Waals surface area contributed by atoms with Crippen molar-refractivity contribution >= 4 is 5.78 Å². The van der Waals surface area contributed by atoms with Crippen LogP contribution in [0.25, 0.3) is 0 Å². The van der Waals surface area contributed by atoms with Crippen LogP contribution in [0.4, 0.5) is 0 Å². The fourth-order valence-corrected chi connectivity index (χ4v) is 4.42. The van der Waals surface area contributed by atoms with Crippen molar-refractivity contribution in [2.45, 2.75) is 23.7 Å². The van der Waals surface area contributed by atoms with Gasteiger partial charge in [0.1, 0.15) is 0 Å². The lowest BCUT2D eigenvalue weighted by atomic mass is 9.92. The van der Waals surface area contributed by atoms with Crippen molar-refractivity contribution in [3.05, 3.63) is 107 Å². The second-order valence-corrected chi connectivity index (χ2v) is 7.12. The summed E-state index contributed by atoms with van der Waals surface area (Å²) in [5.74, 6) is 0.140. The maximum absolute atomic E-state index is 13.0. The monoisotopic (exact) mass is 310 g/mol. The highest BCUT2D eigenvalue weighted by atomic mass is 16.1.